The van der Waals surface area contributed by atoms with E-state index in [2.05, 4.69) is 44.4 Å². The van der Waals surface area contributed by atoms with E-state index in [4.69, 9.17) is 0 Å². The van der Waals surface area contributed by atoms with Crippen molar-refractivity contribution in [1.29, 1.82) is 0 Å². The van der Waals surface area contributed by atoms with E-state index in [-0.39, 0.29) is 12.1 Å². The molecule has 0 bridgehead atoms. The van der Waals surface area contributed by atoms with E-state index in [1.807, 2.05) is 48.5 Å². The molecule has 4 atom stereocenters. The Hall–Kier alpha value is -3.36. The molecule has 2 saturated heterocycles. The normalized spacial score (nSPS) is 24.0. The molecule has 4 N–H and O–H groups in total. The van der Waals surface area contributed by atoms with Crippen molar-refractivity contribution in [3.05, 3.63) is 72.1 Å². The van der Waals surface area contributed by atoms with Crippen LogP contribution in [-0.2, 0) is 0 Å². The first kappa shape index (κ1) is 23.1. The number of nitrogens with zero attached hydrogens (tertiary/aromatic N) is 2. The number of rotatable bonds is 5. The summed E-state index contributed by atoms with van der Waals surface area (Å²) in [6.45, 7) is 4.25. The number of benzene rings is 2. The van der Waals surface area contributed by atoms with Gasteiger partial charge in [-0.15, -0.1) is 0 Å². The molecule has 4 aromatic rings. The van der Waals surface area contributed by atoms with Crippen LogP contribution >= 0.6 is 0 Å². The van der Waals surface area contributed by atoms with Gasteiger partial charge in [-0.25, -0.2) is 9.97 Å². The molecule has 2 aromatic heterocycles. The second-order valence-electron chi connectivity index (χ2n) is 10.1. The maximum atomic E-state index is 14.6. The van der Waals surface area contributed by atoms with Crippen molar-refractivity contribution in [1.82, 2.24) is 30.6 Å². The van der Waals surface area contributed by atoms with Gasteiger partial charge in [0.2, 0.25) is 11.9 Å². The summed E-state index contributed by atoms with van der Waals surface area (Å²) < 4.78 is 29.3. The number of nitrogens with one attached hydrogen (secondary N) is 4. The molecule has 0 spiro atoms. The highest BCUT2D eigenvalue weighted by molar-refractivity contribution is 5.71. The first-order valence-corrected chi connectivity index (χ1v) is 12.7. The van der Waals surface area contributed by atoms with Gasteiger partial charge in [0.05, 0.1) is 12.1 Å². The van der Waals surface area contributed by atoms with Crippen LogP contribution in [0.3, 0.4) is 0 Å². The molecule has 4 unspecified atom stereocenters. The second kappa shape index (κ2) is 9.26. The Labute approximate surface area is 209 Å². The van der Waals surface area contributed by atoms with E-state index in [0.29, 0.717) is 35.1 Å². The van der Waals surface area contributed by atoms with Crippen LogP contribution < -0.4 is 10.6 Å². The van der Waals surface area contributed by atoms with Crippen molar-refractivity contribution >= 4 is 0 Å². The third-order valence-corrected chi connectivity index (χ3v) is 7.41. The predicted molar refractivity (Wildman–Crippen MR) is 136 cm³/mol. The zero-order chi connectivity index (χ0) is 24.8. The van der Waals surface area contributed by atoms with E-state index < -0.39 is 11.9 Å². The van der Waals surface area contributed by atoms with Crippen LogP contribution in [0, 0.1) is 11.9 Å². The SMILES string of the molecule is CC1CCC(c2nc(-c3ccc(-c4ccc(-c5nc(C6CCC(C)N6)[nH]c5F)cc4)cc3)c(F)[nH]2)N1. The fourth-order valence-corrected chi connectivity index (χ4v) is 5.38. The molecule has 4 heterocycles. The fourth-order valence-electron chi connectivity index (χ4n) is 5.38. The van der Waals surface area contributed by atoms with Crippen LogP contribution in [0.1, 0.15) is 63.3 Å². The van der Waals surface area contributed by atoms with E-state index in [1.165, 1.54) is 0 Å². The molecule has 8 heteroatoms. The molecule has 0 radical (unpaired) electrons. The third kappa shape index (κ3) is 4.35. The first-order chi connectivity index (χ1) is 17.4. The van der Waals surface area contributed by atoms with Crippen molar-refractivity contribution in [2.24, 2.45) is 0 Å². The Morgan fingerprint density at radius 3 is 1.28 bits per heavy atom. The summed E-state index contributed by atoms with van der Waals surface area (Å²) in [5, 5.41) is 6.87. The lowest BCUT2D eigenvalue weighted by molar-refractivity contribution is 0.545. The minimum atomic E-state index is -0.411. The minimum Gasteiger partial charge on any atom is -0.317 e. The maximum Gasteiger partial charge on any atom is 0.219 e. The van der Waals surface area contributed by atoms with Crippen LogP contribution in [0.15, 0.2) is 48.5 Å². The number of H-pyrrole nitrogens is 2. The number of aromatic nitrogens is 4. The van der Waals surface area contributed by atoms with Gasteiger partial charge >= 0.3 is 0 Å². The highest BCUT2D eigenvalue weighted by atomic mass is 19.1. The van der Waals surface area contributed by atoms with Crippen molar-refractivity contribution < 1.29 is 8.78 Å². The molecule has 2 aromatic carbocycles. The molecule has 36 heavy (non-hydrogen) atoms. The summed E-state index contributed by atoms with van der Waals surface area (Å²) in [7, 11) is 0. The van der Waals surface area contributed by atoms with Gasteiger partial charge in [0.15, 0.2) is 0 Å². The Morgan fingerprint density at radius 1 is 0.583 bits per heavy atom. The Kier molecular flexibility index (Phi) is 5.93. The summed E-state index contributed by atoms with van der Waals surface area (Å²) in [4.78, 5) is 14.7. The molecule has 2 aliphatic heterocycles. The smallest absolute Gasteiger partial charge is 0.219 e. The Balaban J connectivity index is 1.19. The van der Waals surface area contributed by atoms with Crippen LogP contribution in [0.4, 0.5) is 8.78 Å². The molecule has 2 fully saturated rings. The largest absolute Gasteiger partial charge is 0.317 e. The van der Waals surface area contributed by atoms with Crippen LogP contribution in [0.5, 0.6) is 0 Å². The monoisotopic (exact) mass is 488 g/mol. The summed E-state index contributed by atoms with van der Waals surface area (Å²) >= 11 is 0. The maximum absolute atomic E-state index is 14.6. The van der Waals surface area contributed by atoms with Gasteiger partial charge in [0.1, 0.15) is 23.0 Å². The summed E-state index contributed by atoms with van der Waals surface area (Å²) in [5.74, 6) is 0.481. The highest BCUT2D eigenvalue weighted by Gasteiger charge is 2.27. The van der Waals surface area contributed by atoms with E-state index in [9.17, 15) is 8.78 Å². The van der Waals surface area contributed by atoms with Gasteiger partial charge in [-0.1, -0.05) is 48.5 Å². The second-order valence-corrected chi connectivity index (χ2v) is 10.1. The summed E-state index contributed by atoms with van der Waals surface area (Å²) in [6.07, 6.45) is 4.01. The lowest BCUT2D eigenvalue weighted by atomic mass is 10.0. The number of imidazole rings is 2. The molecule has 6 nitrogen and oxygen atoms in total. The fraction of sp³-hybridized carbons (Fsp3) is 0.357. The number of aromatic amines is 2. The van der Waals surface area contributed by atoms with Crippen LogP contribution in [0.25, 0.3) is 33.6 Å². The Bertz CT molecular complexity index is 1250. The topological polar surface area (TPSA) is 81.4 Å². The van der Waals surface area contributed by atoms with Gasteiger partial charge in [-0.05, 0) is 50.7 Å². The molecular formula is C28H30F2N6. The van der Waals surface area contributed by atoms with Crippen LogP contribution in [0.2, 0.25) is 0 Å². The Morgan fingerprint density at radius 2 is 0.944 bits per heavy atom. The van der Waals surface area contributed by atoms with Crippen molar-refractivity contribution in [2.45, 2.75) is 63.7 Å². The number of hydrogen-bond donors (Lipinski definition) is 4. The van der Waals surface area contributed by atoms with E-state index >= 15 is 0 Å². The quantitative estimate of drug-likeness (QED) is 0.276. The van der Waals surface area contributed by atoms with Gasteiger partial charge in [-0.3, -0.25) is 0 Å². The van der Waals surface area contributed by atoms with Gasteiger partial charge < -0.3 is 20.6 Å². The van der Waals surface area contributed by atoms with Crippen molar-refractivity contribution in [3.63, 3.8) is 0 Å². The van der Waals surface area contributed by atoms with Gasteiger partial charge in [0, 0.05) is 23.2 Å². The predicted octanol–water partition coefficient (Wildman–Crippen LogP) is 6.04. The summed E-state index contributed by atoms with van der Waals surface area (Å²) in [5.41, 5.74) is 4.10. The molecule has 6 rings (SSSR count). The first-order valence-electron chi connectivity index (χ1n) is 12.7. The molecule has 186 valence electrons. The molecule has 0 amide bonds. The number of hydrogen-bond acceptors (Lipinski definition) is 4. The number of halogens is 2. The standard InChI is InChI=1S/C28H30F2N6/c1-15-3-13-21(31-15)27-33-23(25(29)35-27)19-9-5-17(6-10-19)18-7-11-20(12-8-18)24-26(30)36-28(34-24)22-14-4-16(2)32-22/h5-12,15-16,21-22,31-32H,3-4,13-14H2,1-2H3,(H,33,35)(H,34,36). The molecular weight excluding hydrogens is 458 g/mol. The van der Waals surface area contributed by atoms with Crippen LogP contribution in [-0.4, -0.2) is 32.0 Å². The third-order valence-electron chi connectivity index (χ3n) is 7.41. The highest BCUT2D eigenvalue weighted by Crippen LogP contribution is 2.32. The average molecular weight is 489 g/mol. The van der Waals surface area contributed by atoms with E-state index in [1.54, 1.807) is 0 Å². The zero-order valence-corrected chi connectivity index (χ0v) is 20.4. The van der Waals surface area contributed by atoms with Gasteiger partial charge in [0.25, 0.3) is 0 Å². The average Bonchev–Trinajstić information content (AvgIpc) is 3.67. The van der Waals surface area contributed by atoms with E-state index in [0.717, 1.165) is 47.9 Å². The molecule has 2 aliphatic rings. The van der Waals surface area contributed by atoms with Crippen molar-refractivity contribution in [3.8, 4) is 33.6 Å². The lowest BCUT2D eigenvalue weighted by Crippen LogP contribution is -2.21. The van der Waals surface area contributed by atoms with Crippen molar-refractivity contribution in [2.75, 3.05) is 0 Å². The minimum absolute atomic E-state index is 0.0643. The zero-order valence-electron chi connectivity index (χ0n) is 20.4. The molecule has 0 saturated carbocycles. The summed E-state index contributed by atoms with van der Waals surface area (Å²) in [6, 6.07) is 16.3. The lowest BCUT2D eigenvalue weighted by Gasteiger charge is -2.08. The van der Waals surface area contributed by atoms with Gasteiger partial charge in [-0.2, -0.15) is 8.78 Å². The molecule has 0 aliphatic carbocycles.